The van der Waals surface area contributed by atoms with Gasteiger partial charge >= 0.3 is 0 Å². The van der Waals surface area contributed by atoms with Crippen LogP contribution in [0.5, 0.6) is 0 Å². The van der Waals surface area contributed by atoms with E-state index in [9.17, 15) is 4.79 Å². The molecule has 3 rings (SSSR count). The number of hydrogen-bond acceptors (Lipinski definition) is 5. The second-order valence-electron chi connectivity index (χ2n) is 4.93. The van der Waals surface area contributed by atoms with Crippen LogP contribution >= 0.6 is 0 Å². The SMILES string of the molecule is N#CCCn1cc(-c2ccnc(NC(=O)C3CC3)n2)cn1. The first-order valence-corrected chi connectivity index (χ1v) is 6.80. The van der Waals surface area contributed by atoms with Crippen molar-refractivity contribution < 1.29 is 4.79 Å². The quantitative estimate of drug-likeness (QED) is 0.898. The van der Waals surface area contributed by atoms with Gasteiger partial charge in [0.15, 0.2) is 0 Å². The Morgan fingerprint density at radius 3 is 3.14 bits per heavy atom. The molecule has 0 saturated heterocycles. The molecular weight excluding hydrogens is 268 g/mol. The average Bonchev–Trinajstić information content (AvgIpc) is 3.24. The Morgan fingerprint density at radius 2 is 2.38 bits per heavy atom. The van der Waals surface area contributed by atoms with Gasteiger partial charge in [0.05, 0.1) is 30.9 Å². The summed E-state index contributed by atoms with van der Waals surface area (Å²) in [5, 5.41) is 15.5. The lowest BCUT2D eigenvalue weighted by atomic mass is 10.2. The molecule has 7 heteroatoms. The van der Waals surface area contributed by atoms with Crippen molar-refractivity contribution in [3.63, 3.8) is 0 Å². The third-order valence-corrected chi connectivity index (χ3v) is 3.22. The van der Waals surface area contributed by atoms with Gasteiger partial charge in [-0.3, -0.25) is 14.8 Å². The Balaban J connectivity index is 1.74. The number of hydrogen-bond donors (Lipinski definition) is 1. The van der Waals surface area contributed by atoms with Crippen molar-refractivity contribution in [2.24, 2.45) is 5.92 Å². The second-order valence-corrected chi connectivity index (χ2v) is 4.93. The van der Waals surface area contributed by atoms with Crippen LogP contribution in [0, 0.1) is 17.2 Å². The molecule has 1 aliphatic carbocycles. The predicted molar refractivity (Wildman–Crippen MR) is 74.8 cm³/mol. The summed E-state index contributed by atoms with van der Waals surface area (Å²) in [7, 11) is 0. The van der Waals surface area contributed by atoms with Crippen molar-refractivity contribution in [1.82, 2.24) is 19.7 Å². The van der Waals surface area contributed by atoms with Gasteiger partial charge in [-0.05, 0) is 18.9 Å². The van der Waals surface area contributed by atoms with E-state index in [0.29, 0.717) is 24.6 Å². The first kappa shape index (κ1) is 13.2. The molecule has 0 atom stereocenters. The summed E-state index contributed by atoms with van der Waals surface area (Å²) in [6, 6.07) is 3.84. The number of nitrogens with one attached hydrogen (secondary N) is 1. The Kier molecular flexibility index (Phi) is 3.60. The van der Waals surface area contributed by atoms with Crippen LogP contribution in [0.1, 0.15) is 19.3 Å². The molecule has 0 radical (unpaired) electrons. The molecule has 0 aromatic carbocycles. The summed E-state index contributed by atoms with van der Waals surface area (Å²) in [6.45, 7) is 0.548. The predicted octanol–water partition coefficient (Wildman–Crippen LogP) is 1.60. The third kappa shape index (κ3) is 3.23. The minimum atomic E-state index is -0.0168. The van der Waals surface area contributed by atoms with Crippen molar-refractivity contribution in [2.75, 3.05) is 5.32 Å². The lowest BCUT2D eigenvalue weighted by molar-refractivity contribution is -0.117. The first-order chi connectivity index (χ1) is 10.3. The maximum Gasteiger partial charge on any atom is 0.229 e. The molecule has 0 aliphatic heterocycles. The number of aryl methyl sites for hydroxylation is 1. The molecule has 2 aromatic heterocycles. The van der Waals surface area contributed by atoms with Gasteiger partial charge in [0.25, 0.3) is 0 Å². The maximum atomic E-state index is 11.7. The number of nitrogens with zero attached hydrogens (tertiary/aromatic N) is 5. The fourth-order valence-corrected chi connectivity index (χ4v) is 1.92. The summed E-state index contributed by atoms with van der Waals surface area (Å²) >= 11 is 0. The number of carbonyl (C=O) groups excluding carboxylic acids is 1. The van der Waals surface area contributed by atoms with E-state index in [2.05, 4.69) is 26.5 Å². The van der Waals surface area contributed by atoms with Gasteiger partial charge in [0, 0.05) is 23.9 Å². The molecule has 0 spiro atoms. The van der Waals surface area contributed by atoms with Gasteiger partial charge in [-0.2, -0.15) is 10.4 Å². The minimum Gasteiger partial charge on any atom is -0.294 e. The molecule has 1 aliphatic rings. The van der Waals surface area contributed by atoms with E-state index in [4.69, 9.17) is 5.26 Å². The van der Waals surface area contributed by atoms with Gasteiger partial charge < -0.3 is 0 Å². The smallest absolute Gasteiger partial charge is 0.229 e. The lowest BCUT2D eigenvalue weighted by Gasteiger charge is -2.03. The van der Waals surface area contributed by atoms with Crippen LogP contribution < -0.4 is 5.32 Å². The van der Waals surface area contributed by atoms with Gasteiger partial charge in [0.1, 0.15) is 0 Å². The van der Waals surface area contributed by atoms with Crippen molar-refractivity contribution in [2.45, 2.75) is 25.8 Å². The number of carbonyl (C=O) groups is 1. The molecular formula is C14H14N6O. The second kappa shape index (κ2) is 5.71. The Hall–Kier alpha value is -2.75. The molecule has 2 heterocycles. The molecule has 1 N–H and O–H groups in total. The van der Waals surface area contributed by atoms with Gasteiger partial charge in [0.2, 0.25) is 11.9 Å². The fourth-order valence-electron chi connectivity index (χ4n) is 1.92. The highest BCUT2D eigenvalue weighted by Gasteiger charge is 2.30. The van der Waals surface area contributed by atoms with E-state index in [-0.39, 0.29) is 11.8 Å². The van der Waals surface area contributed by atoms with Crippen molar-refractivity contribution in [3.05, 3.63) is 24.7 Å². The molecule has 106 valence electrons. The summed E-state index contributed by atoms with van der Waals surface area (Å²) in [5.41, 5.74) is 1.52. The molecule has 0 bridgehead atoms. The monoisotopic (exact) mass is 282 g/mol. The Labute approximate surface area is 121 Å². The van der Waals surface area contributed by atoms with Crippen LogP contribution in [0.4, 0.5) is 5.95 Å². The maximum absolute atomic E-state index is 11.7. The standard InChI is InChI=1S/C14H14N6O/c15-5-1-7-20-9-11(8-17-20)12-4-6-16-14(18-12)19-13(21)10-2-3-10/h4,6,8-10H,1-3,7H2,(H,16,18,19,21). The van der Waals surface area contributed by atoms with Crippen molar-refractivity contribution in [1.29, 1.82) is 5.26 Å². The van der Waals surface area contributed by atoms with E-state index in [1.165, 1.54) is 0 Å². The number of aromatic nitrogens is 4. The highest BCUT2D eigenvalue weighted by Crippen LogP contribution is 2.29. The number of nitriles is 1. The van der Waals surface area contributed by atoms with E-state index in [1.807, 2.05) is 6.20 Å². The third-order valence-electron chi connectivity index (χ3n) is 3.22. The highest BCUT2D eigenvalue weighted by atomic mass is 16.2. The average molecular weight is 282 g/mol. The van der Waals surface area contributed by atoms with Gasteiger partial charge in [-0.15, -0.1) is 0 Å². The van der Waals surface area contributed by atoms with E-state index in [0.717, 1.165) is 18.4 Å². The van der Waals surface area contributed by atoms with E-state index < -0.39 is 0 Å². The summed E-state index contributed by atoms with van der Waals surface area (Å²) in [6.07, 6.45) is 7.41. The molecule has 1 saturated carbocycles. The first-order valence-electron chi connectivity index (χ1n) is 6.80. The number of anilines is 1. The zero-order valence-corrected chi connectivity index (χ0v) is 11.4. The van der Waals surface area contributed by atoms with Crippen molar-refractivity contribution in [3.8, 4) is 17.3 Å². The highest BCUT2D eigenvalue weighted by molar-refractivity contribution is 5.92. The Morgan fingerprint density at radius 1 is 1.52 bits per heavy atom. The van der Waals surface area contributed by atoms with Crippen molar-refractivity contribution >= 4 is 11.9 Å². The number of rotatable bonds is 5. The zero-order chi connectivity index (χ0) is 14.7. The van der Waals surface area contributed by atoms with Crippen LogP contribution in [0.3, 0.4) is 0 Å². The van der Waals surface area contributed by atoms with Crippen LogP contribution in [0.2, 0.25) is 0 Å². The van der Waals surface area contributed by atoms with Crippen LogP contribution in [-0.2, 0) is 11.3 Å². The molecule has 7 nitrogen and oxygen atoms in total. The van der Waals surface area contributed by atoms with Gasteiger partial charge in [-0.25, -0.2) is 9.97 Å². The molecule has 0 unspecified atom stereocenters. The Bertz CT molecular complexity index is 697. The number of amides is 1. The largest absolute Gasteiger partial charge is 0.294 e. The van der Waals surface area contributed by atoms with E-state index >= 15 is 0 Å². The zero-order valence-electron chi connectivity index (χ0n) is 11.4. The molecule has 21 heavy (non-hydrogen) atoms. The normalized spacial score (nSPS) is 13.7. The summed E-state index contributed by atoms with van der Waals surface area (Å²) < 4.78 is 1.70. The van der Waals surface area contributed by atoms with Crippen LogP contribution in [0.25, 0.3) is 11.3 Å². The van der Waals surface area contributed by atoms with Crippen LogP contribution in [0.15, 0.2) is 24.7 Å². The minimum absolute atomic E-state index is 0.0168. The lowest BCUT2D eigenvalue weighted by Crippen LogP contribution is -2.15. The fraction of sp³-hybridized carbons (Fsp3) is 0.357. The topological polar surface area (TPSA) is 96.5 Å². The van der Waals surface area contributed by atoms with E-state index in [1.54, 1.807) is 23.1 Å². The molecule has 1 amide bonds. The summed E-state index contributed by atoms with van der Waals surface area (Å²) in [4.78, 5) is 20.1. The van der Waals surface area contributed by atoms with Gasteiger partial charge in [-0.1, -0.05) is 0 Å². The molecule has 2 aromatic rings. The molecule has 1 fully saturated rings. The summed E-state index contributed by atoms with van der Waals surface area (Å²) in [5.74, 6) is 0.414. The van der Waals surface area contributed by atoms with Crippen LogP contribution in [-0.4, -0.2) is 25.7 Å².